The smallest absolute Gasteiger partial charge is 0.185 e. The molecular weight excluding hydrogens is 220 g/mol. The Balaban J connectivity index is 2.71. The maximum Gasteiger partial charge on any atom is 0.185 e. The zero-order valence-corrected chi connectivity index (χ0v) is 11.5. The van der Waals surface area contributed by atoms with E-state index in [9.17, 15) is 4.79 Å². The minimum Gasteiger partial charge on any atom is -0.348 e. The molecule has 90 valence electrons. The Morgan fingerprint density at radius 3 is 2.56 bits per heavy atom. The number of Topliss-reactive ketones (excluding diaryl/α,β-unsaturated/α-hetero) is 1. The summed E-state index contributed by atoms with van der Waals surface area (Å²) in [6.45, 7) is 8.17. The van der Waals surface area contributed by atoms with Crippen LogP contribution in [0.2, 0.25) is 0 Å². The number of ketones is 1. The van der Waals surface area contributed by atoms with Crippen LogP contribution in [0.15, 0.2) is 5.38 Å². The van der Waals surface area contributed by atoms with Crippen LogP contribution >= 0.6 is 11.3 Å². The van der Waals surface area contributed by atoms with Crippen LogP contribution in [0.25, 0.3) is 0 Å². The van der Waals surface area contributed by atoms with E-state index in [1.807, 2.05) is 12.4 Å². The van der Waals surface area contributed by atoms with Crippen molar-refractivity contribution in [3.05, 3.63) is 11.1 Å². The van der Waals surface area contributed by atoms with E-state index in [0.717, 1.165) is 11.6 Å². The fraction of sp³-hybridized carbons (Fsp3) is 0.667. The van der Waals surface area contributed by atoms with Crippen LogP contribution in [0.1, 0.15) is 44.6 Å². The molecule has 0 bridgehead atoms. The number of carbonyl (C=O) groups excluding carboxylic acids is 1. The predicted molar refractivity (Wildman–Crippen MR) is 69.4 cm³/mol. The first kappa shape index (κ1) is 13.2. The van der Waals surface area contributed by atoms with E-state index in [-0.39, 0.29) is 5.78 Å². The molecular formula is C12H20N2OS. The first-order chi connectivity index (χ1) is 7.41. The lowest BCUT2D eigenvalue weighted by molar-refractivity contribution is 0.101. The molecule has 0 spiro atoms. The highest BCUT2D eigenvalue weighted by molar-refractivity contribution is 7.13. The minimum atomic E-state index is 0.0346. The zero-order chi connectivity index (χ0) is 12.3. The van der Waals surface area contributed by atoms with Gasteiger partial charge in [0.15, 0.2) is 10.9 Å². The number of nitrogens with zero attached hydrogens (tertiary/aromatic N) is 2. The van der Waals surface area contributed by atoms with E-state index in [1.54, 1.807) is 6.92 Å². The summed E-state index contributed by atoms with van der Waals surface area (Å²) in [5.74, 6) is 0.706. The molecule has 0 aromatic carbocycles. The second-order valence-corrected chi connectivity index (χ2v) is 5.50. The maximum atomic E-state index is 11.2. The van der Waals surface area contributed by atoms with Crippen molar-refractivity contribution < 1.29 is 4.79 Å². The monoisotopic (exact) mass is 240 g/mol. The van der Waals surface area contributed by atoms with Crippen LogP contribution in [-0.2, 0) is 0 Å². The van der Waals surface area contributed by atoms with Crippen molar-refractivity contribution in [2.75, 3.05) is 11.9 Å². The summed E-state index contributed by atoms with van der Waals surface area (Å²) in [4.78, 5) is 17.6. The standard InChI is InChI=1S/C12H20N2OS/c1-8(2)6-9(3)14(5)12-13-11(7-16-12)10(4)15/h7-9H,6H2,1-5H3. The van der Waals surface area contributed by atoms with E-state index in [4.69, 9.17) is 0 Å². The molecule has 0 radical (unpaired) electrons. The molecule has 0 amide bonds. The number of anilines is 1. The van der Waals surface area contributed by atoms with E-state index in [0.29, 0.717) is 17.7 Å². The third-order valence-corrected chi connectivity index (χ3v) is 3.56. The van der Waals surface area contributed by atoms with E-state index < -0.39 is 0 Å². The van der Waals surface area contributed by atoms with Crippen LogP contribution < -0.4 is 4.90 Å². The zero-order valence-electron chi connectivity index (χ0n) is 10.7. The molecule has 1 aromatic rings. The Morgan fingerprint density at radius 2 is 2.12 bits per heavy atom. The third kappa shape index (κ3) is 3.30. The van der Waals surface area contributed by atoms with Gasteiger partial charge in [-0.25, -0.2) is 4.98 Å². The van der Waals surface area contributed by atoms with Gasteiger partial charge >= 0.3 is 0 Å². The summed E-state index contributed by atoms with van der Waals surface area (Å²) < 4.78 is 0. The molecule has 1 unspecified atom stereocenters. The van der Waals surface area contributed by atoms with Gasteiger partial charge in [0.05, 0.1) is 0 Å². The summed E-state index contributed by atoms with van der Waals surface area (Å²) >= 11 is 1.54. The Hall–Kier alpha value is -0.900. The number of aromatic nitrogens is 1. The molecule has 0 saturated heterocycles. The van der Waals surface area contributed by atoms with Gasteiger partial charge < -0.3 is 4.90 Å². The molecule has 4 heteroatoms. The van der Waals surface area contributed by atoms with Crippen molar-refractivity contribution in [3.63, 3.8) is 0 Å². The SMILES string of the molecule is CC(=O)c1csc(N(C)C(C)CC(C)C)n1. The maximum absolute atomic E-state index is 11.2. The molecule has 3 nitrogen and oxygen atoms in total. The molecule has 1 rings (SSSR count). The van der Waals surface area contributed by atoms with Crippen molar-refractivity contribution >= 4 is 22.3 Å². The molecule has 16 heavy (non-hydrogen) atoms. The van der Waals surface area contributed by atoms with E-state index >= 15 is 0 Å². The van der Waals surface area contributed by atoms with Crippen LogP contribution in [0, 0.1) is 5.92 Å². The molecule has 1 atom stereocenters. The summed E-state index contributed by atoms with van der Waals surface area (Å²) in [6.07, 6.45) is 1.13. The average molecular weight is 240 g/mol. The van der Waals surface area contributed by atoms with Gasteiger partial charge in [0.1, 0.15) is 5.69 Å². The van der Waals surface area contributed by atoms with Gasteiger partial charge in [-0.1, -0.05) is 13.8 Å². The summed E-state index contributed by atoms with van der Waals surface area (Å²) in [5.41, 5.74) is 0.573. The Kier molecular flexibility index (Phi) is 4.47. The van der Waals surface area contributed by atoms with Crippen molar-refractivity contribution in [2.45, 2.75) is 40.2 Å². The van der Waals surface area contributed by atoms with Gasteiger partial charge in [-0.3, -0.25) is 4.79 Å². The highest BCUT2D eigenvalue weighted by Gasteiger charge is 2.15. The van der Waals surface area contributed by atoms with Crippen molar-refractivity contribution in [1.29, 1.82) is 0 Å². The van der Waals surface area contributed by atoms with Crippen LogP contribution in [0.3, 0.4) is 0 Å². The van der Waals surface area contributed by atoms with Crippen LogP contribution in [0.4, 0.5) is 5.13 Å². The predicted octanol–water partition coefficient (Wildman–Crippen LogP) is 3.22. The summed E-state index contributed by atoms with van der Waals surface area (Å²) in [7, 11) is 2.04. The molecule has 0 fully saturated rings. The number of rotatable bonds is 5. The second-order valence-electron chi connectivity index (χ2n) is 4.66. The fourth-order valence-electron chi connectivity index (χ4n) is 1.62. The van der Waals surface area contributed by atoms with E-state index in [2.05, 4.69) is 30.7 Å². The second kappa shape index (κ2) is 5.43. The molecule has 1 aromatic heterocycles. The van der Waals surface area contributed by atoms with E-state index in [1.165, 1.54) is 11.3 Å². The Morgan fingerprint density at radius 1 is 1.50 bits per heavy atom. The lowest BCUT2D eigenvalue weighted by Gasteiger charge is -2.25. The largest absolute Gasteiger partial charge is 0.348 e. The number of hydrogen-bond acceptors (Lipinski definition) is 4. The van der Waals surface area contributed by atoms with Gasteiger partial charge in [0.25, 0.3) is 0 Å². The molecule has 0 aliphatic heterocycles. The van der Waals surface area contributed by atoms with Gasteiger partial charge in [-0.15, -0.1) is 11.3 Å². The lowest BCUT2D eigenvalue weighted by atomic mass is 10.0. The molecule has 0 aliphatic carbocycles. The first-order valence-electron chi connectivity index (χ1n) is 5.61. The highest BCUT2D eigenvalue weighted by atomic mass is 32.1. The van der Waals surface area contributed by atoms with Gasteiger partial charge in [-0.05, 0) is 19.3 Å². The molecule has 0 saturated carbocycles. The Bertz CT molecular complexity index is 360. The average Bonchev–Trinajstić information content (AvgIpc) is 2.64. The van der Waals surface area contributed by atoms with Crippen molar-refractivity contribution in [3.8, 4) is 0 Å². The first-order valence-corrected chi connectivity index (χ1v) is 6.49. The fourth-order valence-corrected chi connectivity index (χ4v) is 2.55. The number of hydrogen-bond donors (Lipinski definition) is 0. The third-order valence-electron chi connectivity index (χ3n) is 2.63. The van der Waals surface area contributed by atoms with Crippen molar-refractivity contribution in [1.82, 2.24) is 4.98 Å². The topological polar surface area (TPSA) is 33.2 Å². The Labute approximate surface area is 101 Å². The minimum absolute atomic E-state index is 0.0346. The quantitative estimate of drug-likeness (QED) is 0.741. The molecule has 1 heterocycles. The molecule has 0 N–H and O–H groups in total. The van der Waals surface area contributed by atoms with Gasteiger partial charge in [0, 0.05) is 25.4 Å². The van der Waals surface area contributed by atoms with Gasteiger partial charge in [-0.2, -0.15) is 0 Å². The summed E-state index contributed by atoms with van der Waals surface area (Å²) in [6, 6.07) is 0.450. The van der Waals surface area contributed by atoms with Crippen LogP contribution in [-0.4, -0.2) is 23.9 Å². The number of thiazole rings is 1. The lowest BCUT2D eigenvalue weighted by Crippen LogP contribution is -2.29. The molecule has 0 aliphatic rings. The normalized spacial score (nSPS) is 12.9. The summed E-state index contributed by atoms with van der Waals surface area (Å²) in [5, 5.41) is 2.76. The van der Waals surface area contributed by atoms with Crippen molar-refractivity contribution in [2.24, 2.45) is 5.92 Å². The number of carbonyl (C=O) groups is 1. The van der Waals surface area contributed by atoms with Gasteiger partial charge in [0.2, 0.25) is 0 Å². The van der Waals surface area contributed by atoms with Crippen LogP contribution in [0.5, 0.6) is 0 Å². The highest BCUT2D eigenvalue weighted by Crippen LogP contribution is 2.23.